The highest BCUT2D eigenvalue weighted by Gasteiger charge is 2.28. The molecule has 154 valence electrons. The van der Waals surface area contributed by atoms with Crippen LogP contribution < -0.4 is 5.32 Å². The first-order chi connectivity index (χ1) is 14.6. The maximum Gasteiger partial charge on any atom is 0.230 e. The number of imidazole rings is 1. The number of nitrogens with zero attached hydrogens (tertiary/aromatic N) is 3. The van der Waals surface area contributed by atoms with Gasteiger partial charge in [0.1, 0.15) is 5.65 Å². The zero-order chi connectivity index (χ0) is 20.7. The summed E-state index contributed by atoms with van der Waals surface area (Å²) in [7, 11) is 0. The molecule has 0 saturated heterocycles. The number of carbonyl (C=O) groups excluding carboxylic acids is 1. The van der Waals surface area contributed by atoms with E-state index in [2.05, 4.69) is 35.7 Å². The molecule has 5 rings (SSSR count). The van der Waals surface area contributed by atoms with Crippen LogP contribution in [0.5, 0.6) is 0 Å². The van der Waals surface area contributed by atoms with Crippen LogP contribution in [0.3, 0.4) is 0 Å². The summed E-state index contributed by atoms with van der Waals surface area (Å²) in [5, 5.41) is 5.10. The summed E-state index contributed by atoms with van der Waals surface area (Å²) < 4.78 is 2.08. The Balaban J connectivity index is 1.45. The second kappa shape index (κ2) is 7.91. The van der Waals surface area contributed by atoms with Gasteiger partial charge in [0.15, 0.2) is 5.16 Å². The highest BCUT2D eigenvalue weighted by molar-refractivity contribution is 7.99. The number of hydrogen-bond acceptors (Lipinski definition) is 4. The summed E-state index contributed by atoms with van der Waals surface area (Å²) in [6, 6.07) is 16.4. The van der Waals surface area contributed by atoms with E-state index in [-0.39, 0.29) is 11.9 Å². The van der Waals surface area contributed by atoms with Crippen LogP contribution >= 0.6 is 11.8 Å². The van der Waals surface area contributed by atoms with E-state index in [0.717, 1.165) is 39.2 Å². The molecule has 1 amide bonds. The predicted molar refractivity (Wildman–Crippen MR) is 123 cm³/mol. The Bertz CT molecular complexity index is 1230. The molecule has 0 aliphatic heterocycles. The van der Waals surface area contributed by atoms with Crippen molar-refractivity contribution in [2.75, 3.05) is 5.75 Å². The highest BCUT2D eigenvalue weighted by Crippen LogP contribution is 2.31. The van der Waals surface area contributed by atoms with Gasteiger partial charge in [0.25, 0.3) is 0 Å². The van der Waals surface area contributed by atoms with Crippen LogP contribution in [-0.4, -0.2) is 32.1 Å². The van der Waals surface area contributed by atoms with E-state index in [1.807, 2.05) is 36.4 Å². The van der Waals surface area contributed by atoms with Gasteiger partial charge in [0.2, 0.25) is 5.91 Å². The minimum absolute atomic E-state index is 0.0819. The summed E-state index contributed by atoms with van der Waals surface area (Å²) in [6.45, 7) is 4.55. The first-order valence-electron chi connectivity index (χ1n) is 10.7. The average molecular weight is 419 g/mol. The van der Waals surface area contributed by atoms with Crippen molar-refractivity contribution in [3.63, 3.8) is 0 Å². The van der Waals surface area contributed by atoms with Gasteiger partial charge in [-0.15, -0.1) is 0 Å². The van der Waals surface area contributed by atoms with Gasteiger partial charge < -0.3 is 5.32 Å². The lowest BCUT2D eigenvalue weighted by Gasteiger charge is -2.34. The van der Waals surface area contributed by atoms with Gasteiger partial charge in [-0.3, -0.25) is 9.20 Å². The molecule has 1 N–H and O–H groups in total. The summed E-state index contributed by atoms with van der Waals surface area (Å²) in [5.74, 6) is 1.62. The number of fused-ring (bicyclic) bond motifs is 5. The van der Waals surface area contributed by atoms with Gasteiger partial charge in [0, 0.05) is 11.4 Å². The normalized spacial score (nSPS) is 22.0. The Morgan fingerprint density at radius 3 is 2.70 bits per heavy atom. The molecule has 3 unspecified atom stereocenters. The van der Waals surface area contributed by atoms with Crippen LogP contribution in [0.1, 0.15) is 33.1 Å². The molecule has 0 spiro atoms. The Kier molecular flexibility index (Phi) is 5.11. The second-order valence-corrected chi connectivity index (χ2v) is 9.34. The molecule has 30 heavy (non-hydrogen) atoms. The lowest BCUT2D eigenvalue weighted by Crippen LogP contribution is -2.44. The number of aromatic nitrogens is 3. The maximum atomic E-state index is 12.8. The van der Waals surface area contributed by atoms with Gasteiger partial charge in [-0.1, -0.05) is 62.7 Å². The summed E-state index contributed by atoms with van der Waals surface area (Å²) in [6.07, 6.45) is 3.53. The van der Waals surface area contributed by atoms with Gasteiger partial charge in [-0.25, -0.2) is 9.97 Å². The van der Waals surface area contributed by atoms with E-state index in [1.54, 1.807) is 0 Å². The van der Waals surface area contributed by atoms with Gasteiger partial charge in [-0.2, -0.15) is 0 Å². The van der Waals surface area contributed by atoms with Crippen LogP contribution in [0.4, 0.5) is 0 Å². The number of thioether (sulfide) groups is 1. The lowest BCUT2D eigenvalue weighted by molar-refractivity contribution is -0.120. The fourth-order valence-corrected chi connectivity index (χ4v) is 5.39. The molecule has 4 aromatic rings. The van der Waals surface area contributed by atoms with E-state index in [4.69, 9.17) is 9.97 Å². The van der Waals surface area contributed by atoms with Crippen LogP contribution in [-0.2, 0) is 4.79 Å². The minimum atomic E-state index is 0.0819. The van der Waals surface area contributed by atoms with Crippen molar-refractivity contribution in [1.82, 2.24) is 19.7 Å². The molecule has 0 bridgehead atoms. The number of hydrogen-bond donors (Lipinski definition) is 1. The Hall–Kier alpha value is -2.60. The van der Waals surface area contributed by atoms with Crippen molar-refractivity contribution in [2.24, 2.45) is 11.8 Å². The zero-order valence-electron chi connectivity index (χ0n) is 17.3. The third-order valence-electron chi connectivity index (χ3n) is 6.50. The first-order valence-corrected chi connectivity index (χ1v) is 11.7. The molecule has 2 aromatic carbocycles. The van der Waals surface area contributed by atoms with Crippen LogP contribution in [0.15, 0.2) is 53.7 Å². The lowest BCUT2D eigenvalue weighted by atomic mass is 9.78. The summed E-state index contributed by atoms with van der Waals surface area (Å²) >= 11 is 1.48. The fourth-order valence-electron chi connectivity index (χ4n) is 4.57. The van der Waals surface area contributed by atoms with Crippen molar-refractivity contribution in [3.8, 4) is 0 Å². The molecule has 1 aliphatic rings. The third kappa shape index (κ3) is 3.43. The molecule has 6 heteroatoms. The number of nitrogens with one attached hydrogen (secondary N) is 1. The molecule has 1 saturated carbocycles. The molecule has 1 aliphatic carbocycles. The standard InChI is InChI=1S/C24H26N4OS/c1-15-8-7-12-18(16(15)2)25-22(29)14-30-24-27-19-10-4-3-9-17(19)23-26-20-11-5-6-13-21(20)28(23)24/h3-6,9-11,13,15-16,18H,7-8,12,14H2,1-2H3,(H,25,29). The van der Waals surface area contributed by atoms with Crippen LogP contribution in [0, 0.1) is 11.8 Å². The molecule has 5 nitrogen and oxygen atoms in total. The largest absolute Gasteiger partial charge is 0.352 e. The van der Waals surface area contributed by atoms with E-state index in [9.17, 15) is 4.79 Å². The van der Waals surface area contributed by atoms with Gasteiger partial charge in [-0.05, 0) is 42.5 Å². The Morgan fingerprint density at radius 1 is 1.07 bits per heavy atom. The smallest absolute Gasteiger partial charge is 0.230 e. The van der Waals surface area contributed by atoms with E-state index in [0.29, 0.717) is 17.6 Å². The topological polar surface area (TPSA) is 59.3 Å². The van der Waals surface area contributed by atoms with Gasteiger partial charge >= 0.3 is 0 Å². The molecule has 2 aromatic heterocycles. The van der Waals surface area contributed by atoms with Gasteiger partial charge in [0.05, 0.1) is 22.3 Å². The number of amides is 1. The fraction of sp³-hybridized carbons (Fsp3) is 0.375. The quantitative estimate of drug-likeness (QED) is 0.371. The van der Waals surface area contributed by atoms with Crippen molar-refractivity contribution in [1.29, 1.82) is 0 Å². The number of rotatable bonds is 4. The average Bonchev–Trinajstić information content (AvgIpc) is 3.15. The van der Waals surface area contributed by atoms with Crippen molar-refractivity contribution in [3.05, 3.63) is 48.5 Å². The molecular formula is C24H26N4OS. The Morgan fingerprint density at radius 2 is 1.83 bits per heavy atom. The highest BCUT2D eigenvalue weighted by atomic mass is 32.2. The molecule has 1 fully saturated rings. The molecule has 2 heterocycles. The number of carbonyl (C=O) groups is 1. The monoisotopic (exact) mass is 418 g/mol. The van der Waals surface area contributed by atoms with Crippen LogP contribution in [0.25, 0.3) is 27.6 Å². The Labute approximate surface area is 180 Å². The molecule has 0 radical (unpaired) electrons. The van der Waals surface area contributed by atoms with E-state index in [1.165, 1.54) is 24.6 Å². The molecule has 3 atom stereocenters. The maximum absolute atomic E-state index is 12.8. The SMILES string of the molecule is CC1CCCC(NC(=O)CSc2nc3ccccc3c3nc4ccccc4n23)C1C. The summed E-state index contributed by atoms with van der Waals surface area (Å²) in [4.78, 5) is 22.5. The molecular weight excluding hydrogens is 392 g/mol. The van der Waals surface area contributed by atoms with Crippen molar-refractivity contribution < 1.29 is 4.79 Å². The minimum Gasteiger partial charge on any atom is -0.352 e. The second-order valence-electron chi connectivity index (χ2n) is 8.40. The zero-order valence-corrected chi connectivity index (χ0v) is 18.2. The third-order valence-corrected chi connectivity index (χ3v) is 7.44. The number of benzene rings is 2. The van der Waals surface area contributed by atoms with E-state index < -0.39 is 0 Å². The van der Waals surface area contributed by atoms with Crippen molar-refractivity contribution >= 4 is 45.3 Å². The number of para-hydroxylation sites is 3. The summed E-state index contributed by atoms with van der Waals surface area (Å²) in [5.41, 5.74) is 3.74. The van der Waals surface area contributed by atoms with E-state index >= 15 is 0 Å². The predicted octanol–water partition coefficient (Wildman–Crippen LogP) is 5.07. The first kappa shape index (κ1) is 19.4. The van der Waals surface area contributed by atoms with Crippen LogP contribution in [0.2, 0.25) is 0 Å². The van der Waals surface area contributed by atoms with Crippen molar-refractivity contribution in [2.45, 2.75) is 44.3 Å².